The van der Waals surface area contributed by atoms with Crippen molar-refractivity contribution in [2.24, 2.45) is 0 Å². The lowest BCUT2D eigenvalue weighted by Gasteiger charge is -2.36. The maximum absolute atomic E-state index is 12.8. The zero-order chi connectivity index (χ0) is 20.0. The molecule has 0 unspecified atom stereocenters. The molecule has 1 aliphatic rings. The maximum atomic E-state index is 12.8. The highest BCUT2D eigenvalue weighted by atomic mass is 32.2. The van der Waals surface area contributed by atoms with Crippen molar-refractivity contribution in [3.8, 4) is 0 Å². The van der Waals surface area contributed by atoms with Crippen LogP contribution >= 0.6 is 11.8 Å². The molecule has 1 fully saturated rings. The average Bonchev–Trinajstić information content (AvgIpc) is 2.48. The monoisotopic (exact) mass is 407 g/mol. The number of hydrogen-bond donors (Lipinski definition) is 0. The lowest BCUT2D eigenvalue weighted by Crippen LogP contribution is -2.50. The predicted molar refractivity (Wildman–Crippen MR) is 89.7 cm³/mol. The predicted octanol–water partition coefficient (Wildman–Crippen LogP) is 4.72. The van der Waals surface area contributed by atoms with Crippen LogP contribution in [-0.2, 0) is 9.47 Å². The Bertz CT molecular complexity index is 454. The van der Waals surface area contributed by atoms with Crippen molar-refractivity contribution in [1.29, 1.82) is 0 Å². The standard InChI is InChI=1S/C16H26F5NO3S/c1-14(2,3)25-13(23)22-7-8-24-11-12(22)5-10-26-9-4-6-15(17,18)16(19,20)21/h12H,4-11H2,1-3H3/t12-/m1/s1. The molecule has 1 saturated heterocycles. The molecule has 1 atom stereocenters. The van der Waals surface area contributed by atoms with Gasteiger partial charge in [0, 0.05) is 13.0 Å². The lowest BCUT2D eigenvalue weighted by molar-refractivity contribution is -0.284. The fraction of sp³-hybridized carbons (Fsp3) is 0.938. The topological polar surface area (TPSA) is 38.8 Å². The largest absolute Gasteiger partial charge is 0.453 e. The van der Waals surface area contributed by atoms with E-state index < -0.39 is 30.2 Å². The Morgan fingerprint density at radius 3 is 2.42 bits per heavy atom. The second-order valence-electron chi connectivity index (χ2n) is 7.11. The fourth-order valence-electron chi connectivity index (χ4n) is 2.31. The molecule has 0 saturated carbocycles. The van der Waals surface area contributed by atoms with E-state index in [9.17, 15) is 26.7 Å². The number of rotatable bonds is 7. The van der Waals surface area contributed by atoms with Crippen molar-refractivity contribution in [3.05, 3.63) is 0 Å². The Balaban J connectivity index is 2.33. The molecular weight excluding hydrogens is 381 g/mol. The van der Waals surface area contributed by atoms with Crippen molar-refractivity contribution in [2.45, 2.75) is 63.8 Å². The highest BCUT2D eigenvalue weighted by Crippen LogP contribution is 2.39. The molecular formula is C16H26F5NO3S. The van der Waals surface area contributed by atoms with E-state index in [1.807, 2.05) is 0 Å². The summed E-state index contributed by atoms with van der Waals surface area (Å²) >= 11 is 1.29. The van der Waals surface area contributed by atoms with Gasteiger partial charge in [-0.3, -0.25) is 0 Å². The molecule has 0 aromatic rings. The van der Waals surface area contributed by atoms with Crippen LogP contribution in [0.2, 0.25) is 0 Å². The first-order valence-corrected chi connectivity index (χ1v) is 9.58. The van der Waals surface area contributed by atoms with Gasteiger partial charge in [0.25, 0.3) is 0 Å². The van der Waals surface area contributed by atoms with Crippen molar-refractivity contribution >= 4 is 17.9 Å². The van der Waals surface area contributed by atoms with Crippen LogP contribution in [0.15, 0.2) is 0 Å². The first kappa shape index (κ1) is 23.3. The van der Waals surface area contributed by atoms with Gasteiger partial charge in [-0.1, -0.05) is 0 Å². The summed E-state index contributed by atoms with van der Waals surface area (Å²) in [6.07, 6.45) is -6.81. The number of hydrogen-bond acceptors (Lipinski definition) is 4. The minimum absolute atomic E-state index is 0.192. The third-order valence-corrected chi connectivity index (χ3v) is 4.75. The molecule has 10 heteroatoms. The quantitative estimate of drug-likeness (QED) is 0.452. The highest BCUT2D eigenvalue weighted by Gasteiger charge is 2.56. The number of halogens is 5. The Kier molecular flexibility index (Phi) is 8.44. The molecule has 4 nitrogen and oxygen atoms in total. The molecule has 1 aliphatic heterocycles. The Morgan fingerprint density at radius 2 is 1.85 bits per heavy atom. The Morgan fingerprint density at radius 1 is 1.19 bits per heavy atom. The zero-order valence-electron chi connectivity index (χ0n) is 15.2. The second-order valence-corrected chi connectivity index (χ2v) is 8.33. The van der Waals surface area contributed by atoms with Crippen molar-refractivity contribution in [2.75, 3.05) is 31.3 Å². The number of ether oxygens (including phenoxy) is 2. The van der Waals surface area contributed by atoms with Gasteiger partial charge in [0.2, 0.25) is 0 Å². The summed E-state index contributed by atoms with van der Waals surface area (Å²) < 4.78 is 72.5. The summed E-state index contributed by atoms with van der Waals surface area (Å²) in [5.74, 6) is -3.91. The number of carbonyl (C=O) groups is 1. The van der Waals surface area contributed by atoms with Gasteiger partial charge < -0.3 is 14.4 Å². The molecule has 1 heterocycles. The molecule has 0 aromatic heterocycles. The minimum atomic E-state index is -5.50. The molecule has 154 valence electrons. The van der Waals surface area contributed by atoms with E-state index in [1.54, 1.807) is 25.7 Å². The number of alkyl halides is 5. The van der Waals surface area contributed by atoms with E-state index in [2.05, 4.69) is 0 Å². The van der Waals surface area contributed by atoms with E-state index in [1.165, 1.54) is 11.8 Å². The van der Waals surface area contributed by atoms with Crippen LogP contribution in [0.4, 0.5) is 26.7 Å². The van der Waals surface area contributed by atoms with Gasteiger partial charge in [0.05, 0.1) is 19.3 Å². The van der Waals surface area contributed by atoms with E-state index in [0.29, 0.717) is 31.9 Å². The van der Waals surface area contributed by atoms with E-state index in [0.717, 1.165) is 0 Å². The van der Waals surface area contributed by atoms with Crippen molar-refractivity contribution in [1.82, 2.24) is 4.90 Å². The summed E-state index contributed by atoms with van der Waals surface area (Å²) in [4.78, 5) is 13.8. The molecule has 0 radical (unpaired) electrons. The third kappa shape index (κ3) is 7.85. The second kappa shape index (κ2) is 9.43. The van der Waals surface area contributed by atoms with E-state index >= 15 is 0 Å². The SMILES string of the molecule is CC(C)(C)OC(=O)N1CCOC[C@H]1CCSCCCC(F)(F)C(F)(F)F. The summed E-state index contributed by atoms with van der Waals surface area (Å²) in [6.45, 7) is 6.48. The molecule has 0 bridgehead atoms. The van der Waals surface area contributed by atoms with Crippen LogP contribution in [0, 0.1) is 0 Å². The average molecular weight is 407 g/mol. The highest BCUT2D eigenvalue weighted by molar-refractivity contribution is 7.99. The summed E-state index contributed by atoms with van der Waals surface area (Å²) in [5, 5.41) is 0. The summed E-state index contributed by atoms with van der Waals surface area (Å²) in [7, 11) is 0. The van der Waals surface area contributed by atoms with Crippen LogP contribution in [0.25, 0.3) is 0 Å². The molecule has 0 spiro atoms. The van der Waals surface area contributed by atoms with Crippen molar-refractivity contribution in [3.63, 3.8) is 0 Å². The van der Waals surface area contributed by atoms with Crippen LogP contribution in [0.3, 0.4) is 0 Å². The van der Waals surface area contributed by atoms with E-state index in [4.69, 9.17) is 9.47 Å². The van der Waals surface area contributed by atoms with Crippen molar-refractivity contribution < 1.29 is 36.2 Å². The number of thioether (sulfide) groups is 1. The van der Waals surface area contributed by atoms with E-state index in [-0.39, 0.29) is 18.2 Å². The molecule has 26 heavy (non-hydrogen) atoms. The van der Waals surface area contributed by atoms with Gasteiger partial charge in [-0.2, -0.15) is 33.7 Å². The first-order valence-electron chi connectivity index (χ1n) is 8.43. The van der Waals surface area contributed by atoms with Crippen LogP contribution in [-0.4, -0.2) is 66.0 Å². The minimum Gasteiger partial charge on any atom is -0.444 e. The maximum Gasteiger partial charge on any atom is 0.453 e. The van der Waals surface area contributed by atoms with Crippen LogP contribution in [0.1, 0.15) is 40.0 Å². The third-order valence-electron chi connectivity index (χ3n) is 3.65. The molecule has 1 rings (SSSR count). The summed E-state index contributed by atoms with van der Waals surface area (Å²) in [5.41, 5.74) is -0.613. The lowest BCUT2D eigenvalue weighted by atomic mass is 10.2. The number of morpholine rings is 1. The first-order chi connectivity index (χ1) is 11.8. The Labute approximate surface area is 154 Å². The van der Waals surface area contributed by atoms with Gasteiger partial charge in [0.15, 0.2) is 0 Å². The normalized spacial score (nSPS) is 19.5. The number of carbonyl (C=O) groups excluding carboxylic acids is 1. The molecule has 0 aromatic carbocycles. The van der Waals surface area contributed by atoms with Gasteiger partial charge in [-0.25, -0.2) is 4.79 Å². The van der Waals surface area contributed by atoms with Crippen LogP contribution < -0.4 is 0 Å². The van der Waals surface area contributed by atoms with Gasteiger partial charge in [-0.05, 0) is 45.1 Å². The number of nitrogens with zero attached hydrogens (tertiary/aromatic N) is 1. The Hall–Kier alpha value is -0.770. The number of amides is 1. The van der Waals surface area contributed by atoms with Gasteiger partial charge in [-0.15, -0.1) is 0 Å². The molecule has 0 aliphatic carbocycles. The molecule has 1 amide bonds. The smallest absolute Gasteiger partial charge is 0.444 e. The van der Waals surface area contributed by atoms with Gasteiger partial charge in [0.1, 0.15) is 5.60 Å². The zero-order valence-corrected chi connectivity index (χ0v) is 16.0. The molecule has 0 N–H and O–H groups in total. The van der Waals surface area contributed by atoms with Crippen LogP contribution in [0.5, 0.6) is 0 Å². The summed E-state index contributed by atoms with van der Waals surface area (Å²) in [6, 6.07) is -0.192. The van der Waals surface area contributed by atoms with Gasteiger partial charge >= 0.3 is 18.2 Å². The fourth-order valence-corrected chi connectivity index (χ4v) is 3.31.